The number of rotatable bonds is 6. The van der Waals surface area contributed by atoms with Gasteiger partial charge < -0.3 is 10.6 Å². The molecule has 2 N–H and O–H groups in total. The van der Waals surface area contributed by atoms with E-state index in [1.165, 1.54) is 4.88 Å². The number of thiophene rings is 1. The fourth-order valence-corrected chi connectivity index (χ4v) is 2.94. The van der Waals surface area contributed by atoms with Gasteiger partial charge in [-0.05, 0) is 30.5 Å². The van der Waals surface area contributed by atoms with Crippen LogP contribution in [-0.4, -0.2) is 18.0 Å². The monoisotopic (exact) mass is 291 g/mol. The molecule has 0 amide bonds. The number of nitrogens with one attached hydrogen (secondary N) is 2. The highest BCUT2D eigenvalue weighted by atomic mass is 32.1. The Morgan fingerprint density at radius 3 is 2.65 bits per heavy atom. The van der Waals surface area contributed by atoms with Gasteiger partial charge in [0.25, 0.3) is 0 Å². The lowest BCUT2D eigenvalue weighted by atomic mass is 10.1. The van der Waals surface area contributed by atoms with Crippen molar-refractivity contribution in [1.29, 1.82) is 0 Å². The molecular weight excluding hydrogens is 274 g/mol. The van der Waals surface area contributed by atoms with Crippen molar-refractivity contribution in [1.82, 2.24) is 0 Å². The summed E-state index contributed by atoms with van der Waals surface area (Å²) in [5.41, 5.74) is 1.15. The zero-order valence-electron chi connectivity index (χ0n) is 11.4. The second kappa shape index (κ2) is 6.38. The first-order valence-corrected chi connectivity index (χ1v) is 7.24. The van der Waals surface area contributed by atoms with E-state index in [0.717, 1.165) is 6.42 Å². The number of nitrogens with zero attached hydrogens (tertiary/aromatic N) is 1. The lowest BCUT2D eigenvalue weighted by molar-refractivity contribution is -0.383. The molecule has 0 bridgehead atoms. The fourth-order valence-electron chi connectivity index (χ4n) is 2.11. The first-order chi connectivity index (χ1) is 9.61. The van der Waals surface area contributed by atoms with Crippen molar-refractivity contribution in [2.24, 2.45) is 0 Å². The van der Waals surface area contributed by atoms with Crippen molar-refractivity contribution in [3.63, 3.8) is 0 Å². The predicted octanol–water partition coefficient (Wildman–Crippen LogP) is 3.74. The Labute approximate surface area is 121 Å². The third kappa shape index (κ3) is 3.27. The minimum atomic E-state index is -0.355. The summed E-state index contributed by atoms with van der Waals surface area (Å²) >= 11 is 1.69. The summed E-state index contributed by atoms with van der Waals surface area (Å²) in [6.07, 6.45) is 0.846. The molecule has 1 unspecified atom stereocenters. The Balaban J connectivity index is 2.18. The predicted molar refractivity (Wildman–Crippen MR) is 83.8 cm³/mol. The van der Waals surface area contributed by atoms with E-state index < -0.39 is 0 Å². The van der Waals surface area contributed by atoms with Crippen LogP contribution in [0.25, 0.3) is 0 Å². The second-order valence-corrected chi connectivity index (χ2v) is 5.57. The van der Waals surface area contributed by atoms with Crippen LogP contribution in [0.15, 0.2) is 35.7 Å². The molecule has 1 heterocycles. The van der Waals surface area contributed by atoms with Gasteiger partial charge in [0, 0.05) is 24.4 Å². The van der Waals surface area contributed by atoms with Crippen LogP contribution in [0.5, 0.6) is 0 Å². The Kier molecular flexibility index (Phi) is 4.57. The molecule has 5 nitrogen and oxygen atoms in total. The van der Waals surface area contributed by atoms with Crippen LogP contribution < -0.4 is 10.6 Å². The smallest absolute Gasteiger partial charge is 0.315 e. The van der Waals surface area contributed by atoms with E-state index in [1.54, 1.807) is 36.6 Å². The molecule has 0 aliphatic rings. The van der Waals surface area contributed by atoms with Crippen LogP contribution >= 0.6 is 11.3 Å². The molecule has 0 fully saturated rings. The van der Waals surface area contributed by atoms with Crippen LogP contribution in [0.2, 0.25) is 0 Å². The van der Waals surface area contributed by atoms with Crippen molar-refractivity contribution < 1.29 is 4.92 Å². The van der Waals surface area contributed by atoms with Gasteiger partial charge in [0.2, 0.25) is 0 Å². The van der Waals surface area contributed by atoms with E-state index in [4.69, 9.17) is 0 Å². The third-order valence-electron chi connectivity index (χ3n) is 2.98. The lowest BCUT2D eigenvalue weighted by Gasteiger charge is -2.15. The third-order valence-corrected chi connectivity index (χ3v) is 3.88. The molecule has 20 heavy (non-hydrogen) atoms. The van der Waals surface area contributed by atoms with Crippen molar-refractivity contribution in [2.75, 3.05) is 17.7 Å². The second-order valence-electron chi connectivity index (χ2n) is 4.54. The molecule has 1 aromatic carbocycles. The van der Waals surface area contributed by atoms with E-state index in [9.17, 15) is 10.1 Å². The molecule has 2 aromatic rings. The number of nitro groups is 1. The molecule has 0 saturated carbocycles. The van der Waals surface area contributed by atoms with Gasteiger partial charge in [0.05, 0.1) is 4.92 Å². The molecule has 0 spiro atoms. The van der Waals surface area contributed by atoms with Gasteiger partial charge in [-0.1, -0.05) is 12.1 Å². The van der Waals surface area contributed by atoms with Gasteiger partial charge in [0.15, 0.2) is 0 Å². The van der Waals surface area contributed by atoms with E-state index in [2.05, 4.69) is 16.7 Å². The zero-order chi connectivity index (χ0) is 14.5. The zero-order valence-corrected chi connectivity index (χ0v) is 12.2. The summed E-state index contributed by atoms with van der Waals surface area (Å²) in [6, 6.07) is 9.45. The van der Waals surface area contributed by atoms with Gasteiger partial charge >= 0.3 is 5.69 Å². The molecule has 0 saturated heterocycles. The standard InChI is InChI=1S/C14H17N3O2S/c1-10(9-11-5-4-8-20-11)16-13-7-3-6-12(15-2)14(13)17(18)19/h3-8,10,15-16H,9H2,1-2H3. The first kappa shape index (κ1) is 14.3. The summed E-state index contributed by atoms with van der Waals surface area (Å²) in [6.45, 7) is 2.02. The topological polar surface area (TPSA) is 67.2 Å². The van der Waals surface area contributed by atoms with Crippen LogP contribution in [0, 0.1) is 10.1 Å². The normalized spacial score (nSPS) is 11.9. The SMILES string of the molecule is CNc1cccc(NC(C)Cc2cccs2)c1[N+](=O)[O-]. The average molecular weight is 291 g/mol. The highest BCUT2D eigenvalue weighted by Crippen LogP contribution is 2.33. The molecule has 106 valence electrons. The van der Waals surface area contributed by atoms with Crippen LogP contribution in [-0.2, 0) is 6.42 Å². The quantitative estimate of drug-likeness (QED) is 0.628. The summed E-state index contributed by atoms with van der Waals surface area (Å²) in [4.78, 5) is 12.1. The van der Waals surface area contributed by atoms with E-state index in [0.29, 0.717) is 11.4 Å². The summed E-state index contributed by atoms with van der Waals surface area (Å²) in [5, 5.41) is 19.3. The number of anilines is 2. The molecule has 0 radical (unpaired) electrons. The fraction of sp³-hybridized carbons (Fsp3) is 0.286. The minimum absolute atomic E-state index is 0.0908. The Morgan fingerprint density at radius 1 is 1.30 bits per heavy atom. The van der Waals surface area contributed by atoms with Gasteiger partial charge in [0.1, 0.15) is 11.4 Å². The highest BCUT2D eigenvalue weighted by molar-refractivity contribution is 7.09. The number of hydrogen-bond donors (Lipinski definition) is 2. The number of hydrogen-bond acceptors (Lipinski definition) is 5. The molecular formula is C14H17N3O2S. The van der Waals surface area contributed by atoms with Crippen LogP contribution in [0.4, 0.5) is 17.1 Å². The minimum Gasteiger partial charge on any atom is -0.382 e. The number of nitro benzene ring substituents is 1. The molecule has 2 rings (SSSR count). The Hall–Kier alpha value is -2.08. The summed E-state index contributed by atoms with van der Waals surface area (Å²) in [5.74, 6) is 0. The Bertz CT molecular complexity index is 584. The average Bonchev–Trinajstić information content (AvgIpc) is 2.90. The van der Waals surface area contributed by atoms with Crippen molar-refractivity contribution in [3.8, 4) is 0 Å². The molecule has 6 heteroatoms. The molecule has 0 aliphatic heterocycles. The van der Waals surface area contributed by atoms with Crippen molar-refractivity contribution >= 4 is 28.4 Å². The van der Waals surface area contributed by atoms with Crippen LogP contribution in [0.1, 0.15) is 11.8 Å². The summed E-state index contributed by atoms with van der Waals surface area (Å²) < 4.78 is 0. The molecule has 1 atom stereocenters. The number of para-hydroxylation sites is 1. The highest BCUT2D eigenvalue weighted by Gasteiger charge is 2.20. The van der Waals surface area contributed by atoms with E-state index in [1.807, 2.05) is 18.4 Å². The largest absolute Gasteiger partial charge is 0.382 e. The number of benzene rings is 1. The van der Waals surface area contributed by atoms with Crippen molar-refractivity contribution in [3.05, 3.63) is 50.7 Å². The van der Waals surface area contributed by atoms with Gasteiger partial charge in [-0.25, -0.2) is 0 Å². The van der Waals surface area contributed by atoms with Gasteiger partial charge in [-0.15, -0.1) is 11.3 Å². The maximum atomic E-state index is 11.2. The summed E-state index contributed by atoms with van der Waals surface area (Å²) in [7, 11) is 1.68. The Morgan fingerprint density at radius 2 is 2.05 bits per heavy atom. The molecule has 1 aromatic heterocycles. The van der Waals surface area contributed by atoms with E-state index in [-0.39, 0.29) is 16.7 Å². The van der Waals surface area contributed by atoms with Gasteiger partial charge in [-0.2, -0.15) is 0 Å². The van der Waals surface area contributed by atoms with Crippen LogP contribution in [0.3, 0.4) is 0 Å². The van der Waals surface area contributed by atoms with Crippen molar-refractivity contribution in [2.45, 2.75) is 19.4 Å². The van der Waals surface area contributed by atoms with E-state index >= 15 is 0 Å². The molecule has 0 aliphatic carbocycles. The maximum Gasteiger partial charge on any atom is 0.315 e. The van der Waals surface area contributed by atoms with Gasteiger partial charge in [-0.3, -0.25) is 10.1 Å². The lowest BCUT2D eigenvalue weighted by Crippen LogP contribution is -2.18. The first-order valence-electron chi connectivity index (χ1n) is 6.36. The maximum absolute atomic E-state index is 11.2.